The number of hydrogen-bond acceptors (Lipinski definition) is 1. The zero-order valence-corrected chi connectivity index (χ0v) is 15.3. The van der Waals surface area contributed by atoms with Gasteiger partial charge >= 0.3 is 21.7 Å². The van der Waals surface area contributed by atoms with Gasteiger partial charge in [-0.15, -0.1) is 11.1 Å². The molecule has 1 N–H and O–H groups in total. The predicted octanol–water partition coefficient (Wildman–Crippen LogP) is -2.26. The van der Waals surface area contributed by atoms with Gasteiger partial charge < -0.3 is 35.2 Å². The molecule has 0 atom stereocenters. The molecule has 0 heterocycles. The van der Waals surface area contributed by atoms with Crippen molar-refractivity contribution < 1.29 is 51.6 Å². The average Bonchev–Trinajstić information content (AvgIpc) is 1.81. The first kappa shape index (κ1) is 30.9. The summed E-state index contributed by atoms with van der Waals surface area (Å²) in [5, 5.41) is 12.6. The van der Waals surface area contributed by atoms with Crippen molar-refractivity contribution in [2.45, 2.75) is 72.4 Å². The summed E-state index contributed by atoms with van der Waals surface area (Å²) in [5.74, 6) is 0. The molecule has 0 aliphatic heterocycles. The summed E-state index contributed by atoms with van der Waals surface area (Å²) < 4.78 is 0. The Bertz CT molecular complexity index is 119. The van der Waals surface area contributed by atoms with Crippen LogP contribution in [0, 0.1) is 0 Å². The van der Waals surface area contributed by atoms with Gasteiger partial charge in [0.2, 0.25) is 0 Å². The summed E-state index contributed by atoms with van der Waals surface area (Å²) in [6.07, 6.45) is 2.04. The number of nitrogens with zero attached hydrogens (tertiary/aromatic N) is 1. The van der Waals surface area contributed by atoms with Gasteiger partial charge in [0.05, 0.1) is 0 Å². The van der Waals surface area contributed by atoms with E-state index >= 15 is 0 Å². The second-order valence-electron chi connectivity index (χ2n) is 5.53. The molecule has 1 radical (unpaired) electrons. The minimum Gasteiger partial charge on any atom is -1.00 e. The molecule has 0 saturated carbocycles. The molecular weight excluding hydrogens is 293 g/mol. The SMILES string of the molecule is CC(C)(C)[N-]C(C)(C)C.CCCCO.[Cl-].[Cl-].[Ti+3]. The van der Waals surface area contributed by atoms with Gasteiger partial charge in [-0.3, -0.25) is 0 Å². The fourth-order valence-electron chi connectivity index (χ4n) is 1.16. The fraction of sp³-hybridized carbons (Fsp3) is 1.00. The summed E-state index contributed by atoms with van der Waals surface area (Å²) >= 11 is 0. The second-order valence-corrected chi connectivity index (χ2v) is 5.53. The topological polar surface area (TPSA) is 34.3 Å². The van der Waals surface area contributed by atoms with Crippen molar-refractivity contribution in [3.63, 3.8) is 0 Å². The first-order chi connectivity index (χ1) is 6.12. The third kappa shape index (κ3) is 46.9. The Hall–Kier alpha value is 1.21. The molecule has 2 nitrogen and oxygen atoms in total. The van der Waals surface area contributed by atoms with Gasteiger partial charge in [-0.25, -0.2) is 0 Å². The molecule has 0 aromatic heterocycles. The van der Waals surface area contributed by atoms with Crippen LogP contribution in [0.3, 0.4) is 0 Å². The quantitative estimate of drug-likeness (QED) is 0.573. The second kappa shape index (κ2) is 15.3. The van der Waals surface area contributed by atoms with Crippen molar-refractivity contribution in [1.29, 1.82) is 0 Å². The van der Waals surface area contributed by atoms with Crippen LogP contribution in [0.15, 0.2) is 0 Å². The maximum absolute atomic E-state index is 8.07. The van der Waals surface area contributed by atoms with Crippen LogP contribution in [0.2, 0.25) is 0 Å². The first-order valence-corrected chi connectivity index (χ1v) is 5.47. The van der Waals surface area contributed by atoms with E-state index in [4.69, 9.17) is 5.11 Å². The number of hydrogen-bond donors (Lipinski definition) is 1. The fourth-order valence-corrected chi connectivity index (χ4v) is 1.16. The van der Waals surface area contributed by atoms with Gasteiger partial charge in [0, 0.05) is 6.61 Å². The molecule has 0 fully saturated rings. The van der Waals surface area contributed by atoms with Crippen LogP contribution in [0.1, 0.15) is 61.3 Å². The molecule has 0 rings (SSSR count). The first-order valence-electron chi connectivity index (χ1n) is 5.47. The number of aliphatic hydroxyl groups is 1. The molecule has 0 aliphatic rings. The molecule has 105 valence electrons. The van der Waals surface area contributed by atoms with Crippen molar-refractivity contribution in [2.75, 3.05) is 6.61 Å². The third-order valence-corrected chi connectivity index (χ3v) is 1.18. The Morgan fingerprint density at radius 2 is 1.18 bits per heavy atom. The van der Waals surface area contributed by atoms with Gasteiger partial charge in [0.1, 0.15) is 0 Å². The predicted molar refractivity (Wildman–Crippen MR) is 64.9 cm³/mol. The Labute approximate surface area is 135 Å². The van der Waals surface area contributed by atoms with Gasteiger partial charge in [-0.1, -0.05) is 54.9 Å². The van der Waals surface area contributed by atoms with Crippen molar-refractivity contribution in [3.8, 4) is 0 Å². The van der Waals surface area contributed by atoms with E-state index in [0.717, 1.165) is 12.8 Å². The summed E-state index contributed by atoms with van der Waals surface area (Å²) in [7, 11) is 0. The largest absolute Gasteiger partial charge is 3.00 e. The van der Waals surface area contributed by atoms with Crippen molar-refractivity contribution >= 4 is 0 Å². The van der Waals surface area contributed by atoms with E-state index in [1.807, 2.05) is 0 Å². The summed E-state index contributed by atoms with van der Waals surface area (Å²) in [5.41, 5.74) is 0.219. The molecule has 0 aromatic rings. The van der Waals surface area contributed by atoms with Gasteiger partial charge in [-0.2, -0.15) is 0 Å². The van der Waals surface area contributed by atoms with E-state index in [1.165, 1.54) is 0 Å². The van der Waals surface area contributed by atoms with Crippen molar-refractivity contribution in [2.24, 2.45) is 0 Å². The van der Waals surface area contributed by atoms with Gasteiger partial charge in [-0.05, 0) is 6.42 Å². The number of halogens is 2. The molecule has 5 heteroatoms. The number of unbranched alkanes of at least 4 members (excludes halogenated alkanes) is 1. The van der Waals surface area contributed by atoms with Crippen molar-refractivity contribution in [3.05, 3.63) is 5.32 Å². The van der Waals surface area contributed by atoms with E-state index in [2.05, 4.69) is 53.8 Å². The Kier molecular flexibility index (Phi) is 27.8. The molecule has 0 saturated heterocycles. The summed E-state index contributed by atoms with van der Waals surface area (Å²) in [6.45, 7) is 15.1. The standard InChI is InChI=1S/C8H18N.C4H10O.2ClH.Ti/c1-7(2,3)9-8(4,5)6;1-2-3-4-5;;;/h1-6H3;5H,2-4H2,1H3;2*1H;/q-1;;;;+3/p-2. The van der Waals surface area contributed by atoms with Crippen LogP contribution in [-0.2, 0) is 21.7 Å². The maximum Gasteiger partial charge on any atom is 3.00 e. The summed E-state index contributed by atoms with van der Waals surface area (Å²) in [6, 6.07) is 0. The molecule has 0 unspecified atom stereocenters. The van der Waals surface area contributed by atoms with Crippen LogP contribution >= 0.6 is 0 Å². The van der Waals surface area contributed by atoms with E-state index in [0.29, 0.717) is 6.61 Å². The minimum atomic E-state index is 0. The Morgan fingerprint density at radius 3 is 1.18 bits per heavy atom. The Morgan fingerprint density at radius 1 is 0.882 bits per heavy atom. The third-order valence-electron chi connectivity index (χ3n) is 1.18. The number of aliphatic hydroxyl groups excluding tert-OH is 1. The van der Waals surface area contributed by atoms with E-state index in [-0.39, 0.29) is 57.6 Å². The molecule has 17 heavy (non-hydrogen) atoms. The monoisotopic (exact) mass is 320 g/mol. The van der Waals surface area contributed by atoms with E-state index in [9.17, 15) is 0 Å². The minimum absolute atomic E-state index is 0. The van der Waals surface area contributed by atoms with Gasteiger partial charge in [0.15, 0.2) is 0 Å². The molecule has 0 bridgehead atoms. The van der Waals surface area contributed by atoms with Crippen LogP contribution in [-0.4, -0.2) is 22.8 Å². The normalized spacial score (nSPS) is 9.88. The zero-order valence-electron chi connectivity index (χ0n) is 12.3. The molecule has 0 aromatic carbocycles. The molecule has 0 amide bonds. The number of rotatable bonds is 2. The molecule has 0 spiro atoms. The zero-order chi connectivity index (χ0) is 11.8. The van der Waals surface area contributed by atoms with Crippen LogP contribution < -0.4 is 24.8 Å². The molecular formula is C12H28Cl2NOTi. The maximum atomic E-state index is 8.07. The van der Waals surface area contributed by atoms with Crippen LogP contribution in [0.25, 0.3) is 5.32 Å². The van der Waals surface area contributed by atoms with Crippen LogP contribution in [0.4, 0.5) is 0 Å². The smallest absolute Gasteiger partial charge is 1.00 e. The van der Waals surface area contributed by atoms with Gasteiger partial charge in [0.25, 0.3) is 0 Å². The average molecular weight is 321 g/mol. The van der Waals surface area contributed by atoms with Crippen molar-refractivity contribution in [1.82, 2.24) is 0 Å². The van der Waals surface area contributed by atoms with Crippen LogP contribution in [0.5, 0.6) is 0 Å². The van der Waals surface area contributed by atoms with E-state index < -0.39 is 0 Å². The Balaban J connectivity index is -0.0000000533. The summed E-state index contributed by atoms with van der Waals surface area (Å²) in [4.78, 5) is 0. The molecule has 0 aliphatic carbocycles. The van der Waals surface area contributed by atoms with E-state index in [1.54, 1.807) is 0 Å².